The first-order valence-corrected chi connectivity index (χ1v) is 7.21. The Morgan fingerprint density at radius 2 is 2.00 bits per heavy atom. The lowest BCUT2D eigenvalue weighted by Gasteiger charge is -2.32. The summed E-state index contributed by atoms with van der Waals surface area (Å²) in [6.07, 6.45) is 2.01. The zero-order valence-electron chi connectivity index (χ0n) is 12.1. The number of ether oxygens (including phenoxy) is 1. The van der Waals surface area contributed by atoms with Crippen molar-refractivity contribution in [3.63, 3.8) is 0 Å². The molecule has 1 atom stereocenters. The van der Waals surface area contributed by atoms with Crippen LogP contribution in [0.3, 0.4) is 0 Å². The molecule has 1 aliphatic heterocycles. The third-order valence-electron chi connectivity index (χ3n) is 3.95. The maximum absolute atomic E-state index is 14.4. The van der Waals surface area contributed by atoms with Crippen LogP contribution in [0.5, 0.6) is 0 Å². The summed E-state index contributed by atoms with van der Waals surface area (Å²) in [5, 5.41) is 3.47. The van der Waals surface area contributed by atoms with E-state index in [1.807, 2.05) is 13.8 Å². The first kappa shape index (κ1) is 14.5. The predicted octanol–water partition coefficient (Wildman–Crippen LogP) is 3.52. The van der Waals surface area contributed by atoms with Gasteiger partial charge in [0, 0.05) is 24.8 Å². The van der Waals surface area contributed by atoms with E-state index >= 15 is 0 Å². The molecule has 0 aromatic heterocycles. The maximum atomic E-state index is 14.4. The highest BCUT2D eigenvalue weighted by atomic mass is 19.1. The summed E-state index contributed by atoms with van der Waals surface area (Å²) in [4.78, 5) is 0. The van der Waals surface area contributed by atoms with Crippen molar-refractivity contribution < 1.29 is 9.13 Å². The number of rotatable bonds is 4. The standard InChI is InChI=1S/C16H24FNO/c1-4-18-16(13-5-7-19-8-6-13)15-12(3)9-11(2)10-14(15)17/h9-10,13,16,18H,4-8H2,1-3H3. The molecule has 2 nitrogen and oxygen atoms in total. The van der Waals surface area contributed by atoms with Crippen molar-refractivity contribution in [3.05, 3.63) is 34.6 Å². The van der Waals surface area contributed by atoms with Gasteiger partial charge < -0.3 is 10.1 Å². The number of hydrogen-bond acceptors (Lipinski definition) is 2. The smallest absolute Gasteiger partial charge is 0.128 e. The van der Waals surface area contributed by atoms with E-state index in [-0.39, 0.29) is 11.9 Å². The lowest BCUT2D eigenvalue weighted by atomic mass is 9.84. The van der Waals surface area contributed by atoms with Crippen molar-refractivity contribution in [3.8, 4) is 0 Å². The molecule has 1 aromatic rings. The molecule has 0 bridgehead atoms. The molecule has 1 fully saturated rings. The third-order valence-corrected chi connectivity index (χ3v) is 3.95. The summed E-state index contributed by atoms with van der Waals surface area (Å²) in [6, 6.07) is 3.82. The van der Waals surface area contributed by atoms with Gasteiger partial charge in [-0.15, -0.1) is 0 Å². The Bertz CT molecular complexity index is 404. The molecular formula is C16H24FNO. The second-order valence-corrected chi connectivity index (χ2v) is 5.46. The summed E-state index contributed by atoms with van der Waals surface area (Å²) in [5.41, 5.74) is 2.88. The van der Waals surface area contributed by atoms with Gasteiger partial charge in [-0.3, -0.25) is 0 Å². The van der Waals surface area contributed by atoms with E-state index in [2.05, 4.69) is 18.3 Å². The molecule has 2 rings (SSSR count). The van der Waals surface area contributed by atoms with Crippen molar-refractivity contribution in [1.29, 1.82) is 0 Å². The summed E-state index contributed by atoms with van der Waals surface area (Å²) in [6.45, 7) is 8.46. The highest BCUT2D eigenvalue weighted by Crippen LogP contribution is 2.33. The second-order valence-electron chi connectivity index (χ2n) is 5.46. The molecular weight excluding hydrogens is 241 g/mol. The summed E-state index contributed by atoms with van der Waals surface area (Å²) < 4.78 is 19.8. The molecule has 19 heavy (non-hydrogen) atoms. The van der Waals surface area contributed by atoms with E-state index < -0.39 is 0 Å². The molecule has 3 heteroatoms. The number of nitrogens with one attached hydrogen (secondary N) is 1. The highest BCUT2D eigenvalue weighted by molar-refractivity contribution is 5.34. The molecule has 1 heterocycles. The van der Waals surface area contributed by atoms with Gasteiger partial charge >= 0.3 is 0 Å². The summed E-state index contributed by atoms with van der Waals surface area (Å²) >= 11 is 0. The van der Waals surface area contributed by atoms with Crippen LogP contribution in [0.1, 0.15) is 42.5 Å². The molecule has 0 spiro atoms. The molecule has 0 radical (unpaired) electrons. The Morgan fingerprint density at radius 1 is 1.32 bits per heavy atom. The van der Waals surface area contributed by atoms with Crippen LogP contribution in [0.25, 0.3) is 0 Å². The van der Waals surface area contributed by atoms with E-state index in [9.17, 15) is 4.39 Å². The topological polar surface area (TPSA) is 21.3 Å². The fourth-order valence-corrected chi connectivity index (χ4v) is 3.09. The lowest BCUT2D eigenvalue weighted by molar-refractivity contribution is 0.0532. The zero-order valence-corrected chi connectivity index (χ0v) is 12.1. The quantitative estimate of drug-likeness (QED) is 0.899. The largest absolute Gasteiger partial charge is 0.381 e. The third kappa shape index (κ3) is 3.34. The minimum atomic E-state index is -0.0741. The van der Waals surface area contributed by atoms with Gasteiger partial charge in [0.1, 0.15) is 5.82 Å². The molecule has 1 unspecified atom stereocenters. The molecule has 106 valence electrons. The van der Waals surface area contributed by atoms with Crippen LogP contribution in [0.4, 0.5) is 4.39 Å². The van der Waals surface area contributed by atoms with Gasteiger partial charge in [-0.1, -0.05) is 13.0 Å². The van der Waals surface area contributed by atoms with Crippen LogP contribution in [0.15, 0.2) is 12.1 Å². The van der Waals surface area contributed by atoms with E-state index in [1.54, 1.807) is 6.07 Å². The van der Waals surface area contributed by atoms with Crippen LogP contribution >= 0.6 is 0 Å². The normalized spacial score (nSPS) is 18.5. The van der Waals surface area contributed by atoms with Gasteiger partial charge in [0.05, 0.1) is 0 Å². The average molecular weight is 265 g/mol. The van der Waals surface area contributed by atoms with Gasteiger partial charge in [0.25, 0.3) is 0 Å². The molecule has 0 aliphatic carbocycles. The van der Waals surface area contributed by atoms with E-state index in [1.165, 1.54) is 0 Å². The van der Waals surface area contributed by atoms with Crippen LogP contribution in [0, 0.1) is 25.6 Å². The highest BCUT2D eigenvalue weighted by Gasteiger charge is 2.28. The molecule has 1 aliphatic rings. The Balaban J connectivity index is 2.32. The second kappa shape index (κ2) is 6.49. The number of benzene rings is 1. The van der Waals surface area contributed by atoms with Gasteiger partial charge in [-0.05, 0) is 56.3 Å². The van der Waals surface area contributed by atoms with E-state index in [4.69, 9.17) is 4.74 Å². The summed E-state index contributed by atoms with van der Waals surface area (Å²) in [5.74, 6) is 0.388. The minimum Gasteiger partial charge on any atom is -0.381 e. The van der Waals surface area contributed by atoms with Crippen LogP contribution in [-0.2, 0) is 4.74 Å². The van der Waals surface area contributed by atoms with Crippen LogP contribution in [0.2, 0.25) is 0 Å². The number of hydrogen-bond donors (Lipinski definition) is 1. The fourth-order valence-electron chi connectivity index (χ4n) is 3.09. The predicted molar refractivity (Wildman–Crippen MR) is 75.8 cm³/mol. The van der Waals surface area contributed by atoms with Crippen molar-refractivity contribution >= 4 is 0 Å². The Kier molecular flexibility index (Phi) is 4.94. The first-order chi connectivity index (χ1) is 9.13. The minimum absolute atomic E-state index is 0.0741. The van der Waals surface area contributed by atoms with Gasteiger partial charge in [-0.2, -0.15) is 0 Å². The van der Waals surface area contributed by atoms with Crippen molar-refractivity contribution in [2.45, 2.75) is 39.7 Å². The molecule has 1 saturated heterocycles. The maximum Gasteiger partial charge on any atom is 0.128 e. The fraction of sp³-hybridized carbons (Fsp3) is 0.625. The zero-order chi connectivity index (χ0) is 13.8. The Hall–Kier alpha value is -0.930. The van der Waals surface area contributed by atoms with Crippen LogP contribution in [-0.4, -0.2) is 19.8 Å². The Morgan fingerprint density at radius 3 is 2.58 bits per heavy atom. The van der Waals surface area contributed by atoms with Gasteiger partial charge in [0.15, 0.2) is 0 Å². The van der Waals surface area contributed by atoms with Gasteiger partial charge in [-0.25, -0.2) is 4.39 Å². The van der Waals surface area contributed by atoms with Crippen molar-refractivity contribution in [2.24, 2.45) is 5.92 Å². The van der Waals surface area contributed by atoms with E-state index in [0.29, 0.717) is 5.92 Å². The number of aryl methyl sites for hydroxylation is 2. The number of halogens is 1. The van der Waals surface area contributed by atoms with Crippen molar-refractivity contribution in [1.82, 2.24) is 5.32 Å². The molecule has 1 N–H and O–H groups in total. The average Bonchev–Trinajstić information content (AvgIpc) is 2.37. The van der Waals surface area contributed by atoms with Crippen molar-refractivity contribution in [2.75, 3.05) is 19.8 Å². The molecule has 1 aromatic carbocycles. The first-order valence-electron chi connectivity index (χ1n) is 7.21. The summed E-state index contributed by atoms with van der Waals surface area (Å²) in [7, 11) is 0. The van der Waals surface area contributed by atoms with Crippen LogP contribution < -0.4 is 5.32 Å². The van der Waals surface area contributed by atoms with Gasteiger partial charge in [0.2, 0.25) is 0 Å². The SMILES string of the molecule is CCNC(c1c(C)cc(C)cc1F)C1CCOCC1. The van der Waals surface area contributed by atoms with E-state index in [0.717, 1.165) is 49.3 Å². The lowest BCUT2D eigenvalue weighted by Crippen LogP contribution is -2.33. The Labute approximate surface area is 115 Å². The monoisotopic (exact) mass is 265 g/mol. The molecule has 0 saturated carbocycles. The molecule has 0 amide bonds.